The maximum Gasteiger partial charge on any atom is 0.147 e. The van der Waals surface area contributed by atoms with E-state index in [1.54, 1.807) is 7.11 Å². The Hall–Kier alpha value is -2.65. The average Bonchev–Trinajstić information content (AvgIpc) is 3.57. The zero-order chi connectivity index (χ0) is 20.4. The number of benzene rings is 1. The Morgan fingerprint density at radius 2 is 1.97 bits per heavy atom. The van der Waals surface area contributed by atoms with Gasteiger partial charge in [0.1, 0.15) is 6.23 Å². The lowest BCUT2D eigenvalue weighted by Crippen LogP contribution is -2.26. The molecule has 3 nitrogen and oxygen atoms in total. The minimum Gasteiger partial charge on any atom is -0.363 e. The number of rotatable bonds is 7. The zero-order valence-electron chi connectivity index (χ0n) is 17.7. The fraction of sp³-hybridized carbons (Fsp3) is 0.346. The topological polar surface area (TPSA) is 34.1 Å². The molecular weight excluding hydrogens is 356 g/mol. The third-order valence-corrected chi connectivity index (χ3v) is 6.27. The Balaban J connectivity index is 1.56. The third kappa shape index (κ3) is 3.92. The summed E-state index contributed by atoms with van der Waals surface area (Å²) in [7, 11) is 1.70. The number of nitrogens with zero attached hydrogens (tertiary/aromatic N) is 1. The van der Waals surface area contributed by atoms with Crippen LogP contribution in [0.2, 0.25) is 0 Å². The predicted octanol–water partition coefficient (Wildman–Crippen LogP) is 5.26. The van der Waals surface area contributed by atoms with Crippen LogP contribution in [0, 0.1) is 6.92 Å². The van der Waals surface area contributed by atoms with Gasteiger partial charge in [-0.3, -0.25) is 4.98 Å². The third-order valence-electron chi connectivity index (χ3n) is 6.27. The first kappa shape index (κ1) is 19.7. The van der Waals surface area contributed by atoms with E-state index in [2.05, 4.69) is 74.3 Å². The van der Waals surface area contributed by atoms with Crippen molar-refractivity contribution in [3.63, 3.8) is 0 Å². The number of nitrogens with one attached hydrogen (secondary N) is 1. The summed E-state index contributed by atoms with van der Waals surface area (Å²) in [5.74, 6) is 0. The summed E-state index contributed by atoms with van der Waals surface area (Å²) in [5, 5.41) is 3.17. The molecule has 2 aromatic rings. The van der Waals surface area contributed by atoms with Crippen molar-refractivity contribution in [1.29, 1.82) is 0 Å². The molecule has 0 radical (unpaired) electrons. The molecule has 2 aliphatic rings. The summed E-state index contributed by atoms with van der Waals surface area (Å²) >= 11 is 0. The second-order valence-corrected chi connectivity index (χ2v) is 8.16. The van der Waals surface area contributed by atoms with Crippen molar-refractivity contribution in [2.45, 2.75) is 51.2 Å². The molecule has 1 aromatic heterocycles. The Kier molecular flexibility index (Phi) is 5.42. The number of dihydropyridines is 1. The molecule has 1 aromatic carbocycles. The smallest absolute Gasteiger partial charge is 0.147 e. The van der Waals surface area contributed by atoms with Gasteiger partial charge in [0.2, 0.25) is 0 Å². The molecule has 1 fully saturated rings. The Labute approximate surface area is 174 Å². The van der Waals surface area contributed by atoms with E-state index in [0.29, 0.717) is 0 Å². The van der Waals surface area contributed by atoms with Gasteiger partial charge in [0.25, 0.3) is 0 Å². The number of ether oxygens (including phenoxy) is 1. The second-order valence-electron chi connectivity index (χ2n) is 8.16. The summed E-state index contributed by atoms with van der Waals surface area (Å²) < 4.78 is 5.42. The minimum absolute atomic E-state index is 0.115. The number of methoxy groups -OCH3 is 1. The molecule has 0 amide bonds. The van der Waals surface area contributed by atoms with Gasteiger partial charge in [0, 0.05) is 30.2 Å². The highest BCUT2D eigenvalue weighted by Gasteiger charge is 2.46. The molecular formula is C26H30N2O. The van der Waals surface area contributed by atoms with Crippen molar-refractivity contribution in [3.8, 4) is 0 Å². The number of hydrogen-bond acceptors (Lipinski definition) is 3. The van der Waals surface area contributed by atoms with Crippen molar-refractivity contribution in [2.24, 2.45) is 0 Å². The lowest BCUT2D eigenvalue weighted by molar-refractivity contribution is 0.124. The number of aryl methyl sites for hydroxylation is 2. The van der Waals surface area contributed by atoms with Crippen LogP contribution >= 0.6 is 0 Å². The highest BCUT2D eigenvalue weighted by Crippen LogP contribution is 2.54. The van der Waals surface area contributed by atoms with E-state index in [9.17, 15) is 0 Å². The van der Waals surface area contributed by atoms with E-state index >= 15 is 0 Å². The van der Waals surface area contributed by atoms with Crippen molar-refractivity contribution in [3.05, 3.63) is 95.0 Å². The molecule has 2 heterocycles. The monoisotopic (exact) mass is 386 g/mol. The van der Waals surface area contributed by atoms with E-state index in [1.165, 1.54) is 35.1 Å². The first-order valence-corrected chi connectivity index (χ1v) is 10.5. The molecule has 1 saturated carbocycles. The van der Waals surface area contributed by atoms with E-state index in [-0.39, 0.29) is 11.6 Å². The van der Waals surface area contributed by atoms with Gasteiger partial charge >= 0.3 is 0 Å². The van der Waals surface area contributed by atoms with Crippen LogP contribution in [0.15, 0.2) is 66.9 Å². The van der Waals surface area contributed by atoms with Crippen LogP contribution in [-0.4, -0.2) is 18.3 Å². The summed E-state index contributed by atoms with van der Waals surface area (Å²) in [6.07, 6.45) is 10.2. The molecule has 1 unspecified atom stereocenters. The molecule has 1 aliphatic heterocycles. The van der Waals surface area contributed by atoms with E-state index < -0.39 is 0 Å². The average molecular weight is 387 g/mol. The molecule has 1 atom stereocenters. The molecule has 3 heteroatoms. The van der Waals surface area contributed by atoms with Crippen LogP contribution in [0.3, 0.4) is 0 Å². The van der Waals surface area contributed by atoms with Gasteiger partial charge in [0.05, 0.1) is 5.69 Å². The van der Waals surface area contributed by atoms with Crippen molar-refractivity contribution >= 4 is 5.57 Å². The van der Waals surface area contributed by atoms with E-state index in [1.807, 2.05) is 6.20 Å². The molecule has 1 aliphatic carbocycles. The molecule has 0 saturated heterocycles. The lowest BCUT2D eigenvalue weighted by Gasteiger charge is -2.21. The molecule has 4 rings (SSSR count). The summed E-state index contributed by atoms with van der Waals surface area (Å²) in [4.78, 5) is 5.00. The number of aromatic nitrogens is 1. The van der Waals surface area contributed by atoms with Gasteiger partial charge in [-0.25, -0.2) is 0 Å². The summed E-state index contributed by atoms with van der Waals surface area (Å²) in [5.41, 5.74) is 8.56. The van der Waals surface area contributed by atoms with Crippen LogP contribution in [0.25, 0.3) is 5.57 Å². The molecule has 0 bridgehead atoms. The van der Waals surface area contributed by atoms with Crippen LogP contribution in [0.4, 0.5) is 0 Å². The number of hydrogen-bond donors (Lipinski definition) is 1. The van der Waals surface area contributed by atoms with Crippen molar-refractivity contribution < 1.29 is 4.74 Å². The minimum atomic E-state index is -0.115. The highest BCUT2D eigenvalue weighted by molar-refractivity contribution is 5.74. The first-order valence-electron chi connectivity index (χ1n) is 10.5. The predicted molar refractivity (Wildman–Crippen MR) is 120 cm³/mol. The van der Waals surface area contributed by atoms with Crippen LogP contribution < -0.4 is 5.32 Å². The number of pyridine rings is 1. The van der Waals surface area contributed by atoms with Gasteiger partial charge in [-0.05, 0) is 67.3 Å². The highest BCUT2D eigenvalue weighted by atomic mass is 16.5. The molecule has 29 heavy (non-hydrogen) atoms. The van der Waals surface area contributed by atoms with Gasteiger partial charge in [-0.15, -0.1) is 0 Å². The maximum absolute atomic E-state index is 5.42. The summed E-state index contributed by atoms with van der Waals surface area (Å²) in [6, 6.07) is 13.4. The summed E-state index contributed by atoms with van der Waals surface area (Å²) in [6.45, 7) is 8.80. The first-order chi connectivity index (χ1) is 14.1. The van der Waals surface area contributed by atoms with Crippen molar-refractivity contribution in [2.75, 3.05) is 7.11 Å². The SMILES string of the molecule is C=C(Cc1ccc(C)c(C2=CC(OC)NC=C2)n1)C1(c2ccc(CC)cc2)CC1. The Bertz CT molecular complexity index is 965. The standard InChI is InChI=1S/C26H30N2O/c1-5-20-7-9-22(10-8-20)26(13-14-26)19(3)16-23-11-6-18(2)25(28-23)21-12-15-27-24(17-21)29-4/h6-12,15,17,24,27H,3,5,13-14,16H2,1-2,4H3. The molecule has 150 valence electrons. The van der Waals surface area contributed by atoms with Gasteiger partial charge < -0.3 is 10.1 Å². The molecule has 1 N–H and O–H groups in total. The molecule has 0 spiro atoms. The second kappa shape index (κ2) is 8.00. The number of allylic oxidation sites excluding steroid dienone is 3. The van der Waals surface area contributed by atoms with E-state index in [4.69, 9.17) is 9.72 Å². The van der Waals surface area contributed by atoms with E-state index in [0.717, 1.165) is 29.8 Å². The van der Waals surface area contributed by atoms with Gasteiger partial charge in [-0.2, -0.15) is 0 Å². The van der Waals surface area contributed by atoms with Crippen LogP contribution in [-0.2, 0) is 23.0 Å². The van der Waals surface area contributed by atoms with Gasteiger partial charge in [0.15, 0.2) is 0 Å². The fourth-order valence-corrected chi connectivity index (χ4v) is 4.17. The van der Waals surface area contributed by atoms with Crippen LogP contribution in [0.1, 0.15) is 47.8 Å². The van der Waals surface area contributed by atoms with Crippen LogP contribution in [0.5, 0.6) is 0 Å². The Morgan fingerprint density at radius 3 is 2.62 bits per heavy atom. The van der Waals surface area contributed by atoms with Gasteiger partial charge in [-0.1, -0.05) is 49.4 Å². The largest absolute Gasteiger partial charge is 0.363 e. The quantitative estimate of drug-likeness (QED) is 0.660. The lowest BCUT2D eigenvalue weighted by atomic mass is 9.85. The normalized spacial score (nSPS) is 19.4. The zero-order valence-corrected chi connectivity index (χ0v) is 17.7. The Morgan fingerprint density at radius 1 is 1.21 bits per heavy atom. The maximum atomic E-state index is 5.42. The van der Waals surface area contributed by atoms with Crippen molar-refractivity contribution in [1.82, 2.24) is 10.3 Å². The fourth-order valence-electron chi connectivity index (χ4n) is 4.17.